The van der Waals surface area contributed by atoms with E-state index in [1.54, 1.807) is 0 Å². The lowest BCUT2D eigenvalue weighted by Gasteiger charge is -2.46. The van der Waals surface area contributed by atoms with Gasteiger partial charge in [0.2, 0.25) is 0 Å². The highest BCUT2D eigenvalue weighted by atomic mass is 19.1. The molecule has 0 saturated carbocycles. The van der Waals surface area contributed by atoms with Gasteiger partial charge in [-0.05, 0) is 61.6 Å². The number of nitrogens with one attached hydrogen (secondary N) is 1. The Bertz CT molecular complexity index is 1220. The van der Waals surface area contributed by atoms with Crippen LogP contribution in [-0.2, 0) is 20.7 Å². The van der Waals surface area contributed by atoms with Gasteiger partial charge in [0.1, 0.15) is 11.6 Å². The maximum absolute atomic E-state index is 15.7. The van der Waals surface area contributed by atoms with E-state index in [1.807, 2.05) is 18.2 Å². The zero-order valence-corrected chi connectivity index (χ0v) is 19.3. The molecule has 2 atom stereocenters. The van der Waals surface area contributed by atoms with Crippen LogP contribution in [0.2, 0.25) is 0 Å². The Morgan fingerprint density at radius 1 is 1.18 bits per heavy atom. The van der Waals surface area contributed by atoms with Gasteiger partial charge in [0, 0.05) is 53.5 Å². The van der Waals surface area contributed by atoms with Gasteiger partial charge in [-0.2, -0.15) is 0 Å². The van der Waals surface area contributed by atoms with E-state index < -0.39 is 23.6 Å². The highest BCUT2D eigenvalue weighted by molar-refractivity contribution is 5.87. The van der Waals surface area contributed by atoms with Crippen LogP contribution < -0.4 is 0 Å². The smallest absolute Gasteiger partial charge is 0.330 e. The fourth-order valence-corrected chi connectivity index (χ4v) is 5.52. The summed E-state index contributed by atoms with van der Waals surface area (Å²) in [6.45, 7) is 3.42. The van der Waals surface area contributed by atoms with Crippen LogP contribution in [0.3, 0.4) is 0 Å². The van der Waals surface area contributed by atoms with Gasteiger partial charge >= 0.3 is 5.97 Å². The number of fused-ring (bicyclic) bond motifs is 3. The van der Waals surface area contributed by atoms with E-state index in [0.29, 0.717) is 13.2 Å². The van der Waals surface area contributed by atoms with Crippen LogP contribution in [-0.4, -0.2) is 48.3 Å². The first-order valence-corrected chi connectivity index (χ1v) is 11.7. The number of hydrogen-bond acceptors (Lipinski definition) is 4. The average molecular weight is 467 g/mol. The molecule has 3 aromatic rings. The number of H-pyrrole nitrogens is 1. The Morgan fingerprint density at radius 3 is 2.59 bits per heavy atom. The summed E-state index contributed by atoms with van der Waals surface area (Å²) < 4.78 is 41.5. The van der Waals surface area contributed by atoms with Crippen LogP contribution in [0.25, 0.3) is 17.0 Å². The summed E-state index contributed by atoms with van der Waals surface area (Å²) in [5, 5.41) is 1.10. The fourth-order valence-electron chi connectivity index (χ4n) is 5.52. The number of benzene rings is 2. The first kappa shape index (κ1) is 22.7. The molecular weight excluding hydrogens is 438 g/mol. The number of hydrogen-bond donors (Lipinski definition) is 1. The van der Waals surface area contributed by atoms with E-state index in [1.165, 1.54) is 25.3 Å². The van der Waals surface area contributed by atoms with Crippen LogP contribution >= 0.6 is 0 Å². The van der Waals surface area contributed by atoms with Crippen LogP contribution in [0.1, 0.15) is 48.2 Å². The number of rotatable bonds is 4. The summed E-state index contributed by atoms with van der Waals surface area (Å²) in [5.74, 6) is -1.85. The molecule has 1 saturated heterocycles. The predicted molar refractivity (Wildman–Crippen MR) is 126 cm³/mol. The number of aromatic nitrogens is 1. The Kier molecular flexibility index (Phi) is 6.23. The number of esters is 1. The molecule has 0 bridgehead atoms. The summed E-state index contributed by atoms with van der Waals surface area (Å²) in [7, 11) is 1.25. The van der Waals surface area contributed by atoms with Crippen molar-refractivity contribution in [3.05, 3.63) is 76.5 Å². The Hall–Kier alpha value is -3.03. The molecule has 0 spiro atoms. The van der Waals surface area contributed by atoms with Crippen molar-refractivity contribution < 1.29 is 23.0 Å². The van der Waals surface area contributed by atoms with Gasteiger partial charge in [-0.1, -0.05) is 18.2 Å². The molecule has 1 N–H and O–H groups in total. The summed E-state index contributed by atoms with van der Waals surface area (Å²) >= 11 is 0. The summed E-state index contributed by atoms with van der Waals surface area (Å²) in [6, 6.07) is 10.2. The molecule has 0 unspecified atom stereocenters. The van der Waals surface area contributed by atoms with E-state index in [2.05, 4.69) is 27.6 Å². The van der Waals surface area contributed by atoms with Crippen molar-refractivity contribution in [2.75, 3.05) is 20.3 Å². The van der Waals surface area contributed by atoms with Crippen molar-refractivity contribution in [1.29, 1.82) is 0 Å². The zero-order valence-electron chi connectivity index (χ0n) is 19.3. The Balaban J connectivity index is 1.66. The molecule has 0 radical (unpaired) electrons. The van der Waals surface area contributed by atoms with E-state index in [0.717, 1.165) is 47.5 Å². The molecule has 178 valence electrons. The van der Waals surface area contributed by atoms with Crippen molar-refractivity contribution in [2.24, 2.45) is 0 Å². The first-order chi connectivity index (χ1) is 16.5. The van der Waals surface area contributed by atoms with E-state index in [9.17, 15) is 4.79 Å². The normalized spacial score (nSPS) is 21.8. The molecule has 5 nitrogen and oxygen atoms in total. The number of halogens is 2. The van der Waals surface area contributed by atoms with Gasteiger partial charge in [-0.3, -0.25) is 4.90 Å². The number of ether oxygens (including phenoxy) is 2. The van der Waals surface area contributed by atoms with Crippen LogP contribution in [0.5, 0.6) is 0 Å². The maximum Gasteiger partial charge on any atom is 0.330 e. The number of aromatic amines is 1. The van der Waals surface area contributed by atoms with E-state index in [4.69, 9.17) is 4.74 Å². The van der Waals surface area contributed by atoms with Crippen molar-refractivity contribution in [3.8, 4) is 0 Å². The number of para-hydroxylation sites is 1. The molecule has 1 fully saturated rings. The number of nitrogens with zero attached hydrogens (tertiary/aromatic N) is 1. The average Bonchev–Trinajstić information content (AvgIpc) is 3.21. The standard InChI is InChI=1S/C27H28F2N2O3/c1-16-13-20-19-5-3-4-6-23(19)30-26(20)27(31(16)18-9-11-34-12-10-18)25-21(28)14-17(15-22(25)29)7-8-24(32)33-2/h3-8,14-16,18,27,30H,9-13H2,1-2H3/b8-7+/t16-,27-/m1/s1. The van der Waals surface area contributed by atoms with Gasteiger partial charge in [0.25, 0.3) is 0 Å². The summed E-state index contributed by atoms with van der Waals surface area (Å²) in [6.07, 6.45) is 4.95. The van der Waals surface area contributed by atoms with E-state index in [-0.39, 0.29) is 23.2 Å². The van der Waals surface area contributed by atoms with Gasteiger partial charge in [0.05, 0.1) is 13.2 Å². The highest BCUT2D eigenvalue weighted by Crippen LogP contribution is 2.44. The molecule has 0 amide bonds. The molecule has 34 heavy (non-hydrogen) atoms. The second-order valence-electron chi connectivity index (χ2n) is 9.06. The lowest BCUT2D eigenvalue weighted by molar-refractivity contribution is -0.134. The molecule has 2 aliphatic heterocycles. The van der Waals surface area contributed by atoms with Gasteiger partial charge < -0.3 is 14.5 Å². The van der Waals surface area contributed by atoms with Crippen molar-refractivity contribution in [1.82, 2.24) is 9.88 Å². The van der Waals surface area contributed by atoms with Crippen molar-refractivity contribution >= 4 is 22.9 Å². The molecule has 1 aromatic heterocycles. The maximum atomic E-state index is 15.7. The predicted octanol–water partition coefficient (Wildman–Crippen LogP) is 5.15. The molecule has 2 aliphatic rings. The third-order valence-corrected chi connectivity index (χ3v) is 7.03. The molecule has 0 aliphatic carbocycles. The van der Waals surface area contributed by atoms with Crippen LogP contribution in [0, 0.1) is 11.6 Å². The highest BCUT2D eigenvalue weighted by Gasteiger charge is 2.42. The quantitative estimate of drug-likeness (QED) is 0.427. The second-order valence-corrected chi connectivity index (χ2v) is 9.06. The molecular formula is C27H28F2N2O3. The first-order valence-electron chi connectivity index (χ1n) is 11.7. The number of methoxy groups -OCH3 is 1. The minimum absolute atomic E-state index is 0.0288. The van der Waals surface area contributed by atoms with Crippen LogP contribution in [0.4, 0.5) is 8.78 Å². The third-order valence-electron chi connectivity index (χ3n) is 7.03. The lowest BCUT2D eigenvalue weighted by atomic mass is 9.85. The largest absolute Gasteiger partial charge is 0.466 e. The number of carbonyl (C=O) groups excluding carboxylic acids is 1. The Labute approximate surface area is 197 Å². The minimum Gasteiger partial charge on any atom is -0.466 e. The fraction of sp³-hybridized carbons (Fsp3) is 0.370. The van der Waals surface area contributed by atoms with Gasteiger partial charge in [-0.15, -0.1) is 0 Å². The lowest BCUT2D eigenvalue weighted by Crippen LogP contribution is -2.50. The molecule has 7 heteroatoms. The minimum atomic E-state index is -0.634. The van der Waals surface area contributed by atoms with Gasteiger partial charge in [-0.25, -0.2) is 13.6 Å². The molecule has 5 rings (SSSR count). The monoisotopic (exact) mass is 466 g/mol. The Morgan fingerprint density at radius 2 is 1.88 bits per heavy atom. The number of carbonyl (C=O) groups is 1. The topological polar surface area (TPSA) is 54.6 Å². The molecule has 3 heterocycles. The van der Waals surface area contributed by atoms with Crippen LogP contribution in [0.15, 0.2) is 42.5 Å². The summed E-state index contributed by atoms with van der Waals surface area (Å²) in [5.41, 5.74) is 3.23. The van der Waals surface area contributed by atoms with Gasteiger partial charge in [0.15, 0.2) is 0 Å². The van der Waals surface area contributed by atoms with Crippen molar-refractivity contribution in [3.63, 3.8) is 0 Å². The SMILES string of the molecule is COC(=O)/C=C/c1cc(F)c([C@@H]2c3[nH]c4ccccc4c3C[C@@H](C)N2C2CCOCC2)c(F)c1. The zero-order chi connectivity index (χ0) is 23.8. The third kappa shape index (κ3) is 4.03. The molecule has 2 aromatic carbocycles. The van der Waals surface area contributed by atoms with Crippen molar-refractivity contribution in [2.45, 2.75) is 44.3 Å². The van der Waals surface area contributed by atoms with E-state index >= 15 is 8.78 Å². The summed E-state index contributed by atoms with van der Waals surface area (Å²) in [4.78, 5) is 17.2. The second kappa shape index (κ2) is 9.31.